The highest BCUT2D eigenvalue weighted by atomic mass is 32.2. The largest absolute Gasteiger partial charge is 0.409 e. The van der Waals surface area contributed by atoms with Gasteiger partial charge < -0.3 is 10.9 Å². The summed E-state index contributed by atoms with van der Waals surface area (Å²) in [5.74, 6) is 0.00553. The third kappa shape index (κ3) is 3.88. The van der Waals surface area contributed by atoms with Crippen molar-refractivity contribution in [1.29, 1.82) is 0 Å². The zero-order valence-corrected chi connectivity index (χ0v) is 13.4. The Labute approximate surface area is 127 Å². The predicted molar refractivity (Wildman–Crippen MR) is 82.8 cm³/mol. The highest BCUT2D eigenvalue weighted by Crippen LogP contribution is 2.31. The number of rotatable bonds is 4. The average molecular weight is 317 g/mol. The topological polar surface area (TPSA) is 105 Å². The number of oxime groups is 1. The fraction of sp³-hybridized carbons (Fsp3) is 0.929. The average Bonchev–Trinajstić information content (AvgIpc) is 2.96. The Morgan fingerprint density at radius 1 is 1.05 bits per heavy atom. The molecular weight excluding hydrogens is 290 g/mol. The highest BCUT2D eigenvalue weighted by Gasteiger charge is 2.41. The maximum Gasteiger partial charge on any atom is 0.215 e. The molecule has 2 aliphatic carbocycles. The Morgan fingerprint density at radius 2 is 1.57 bits per heavy atom. The standard InChI is InChI=1S/C14H27N3O3S/c15-13(16-18)14(10-6-2-1-3-7-11-14)17-21(19,20)12-8-4-5-9-12/h12,17-18H,1-11H2,(H2,15,16). The fourth-order valence-corrected chi connectivity index (χ4v) is 5.54. The maximum absolute atomic E-state index is 12.6. The van der Waals surface area contributed by atoms with Crippen LogP contribution in [0.15, 0.2) is 5.16 Å². The van der Waals surface area contributed by atoms with Crippen molar-refractivity contribution >= 4 is 15.9 Å². The first-order valence-corrected chi connectivity index (χ1v) is 9.56. The van der Waals surface area contributed by atoms with E-state index in [1.807, 2.05) is 0 Å². The Bertz CT molecular complexity index is 462. The third-order valence-corrected chi connectivity index (χ3v) is 6.91. The second-order valence-electron chi connectivity index (χ2n) is 6.39. The van der Waals surface area contributed by atoms with Crippen LogP contribution in [-0.4, -0.2) is 30.2 Å². The molecule has 0 spiro atoms. The molecule has 4 N–H and O–H groups in total. The summed E-state index contributed by atoms with van der Waals surface area (Å²) in [6, 6.07) is 0. The van der Waals surface area contributed by atoms with Crippen molar-refractivity contribution in [3.05, 3.63) is 0 Å². The van der Waals surface area contributed by atoms with Crippen molar-refractivity contribution in [3.63, 3.8) is 0 Å². The summed E-state index contributed by atoms with van der Waals surface area (Å²) >= 11 is 0. The molecule has 0 saturated heterocycles. The van der Waals surface area contributed by atoms with E-state index < -0.39 is 15.6 Å². The zero-order valence-electron chi connectivity index (χ0n) is 12.6. The van der Waals surface area contributed by atoms with Crippen LogP contribution in [0, 0.1) is 0 Å². The van der Waals surface area contributed by atoms with Crippen molar-refractivity contribution in [2.24, 2.45) is 10.9 Å². The molecule has 0 aromatic carbocycles. The second kappa shape index (κ2) is 6.96. The molecule has 2 rings (SSSR count). The van der Waals surface area contributed by atoms with Crippen molar-refractivity contribution in [2.75, 3.05) is 0 Å². The van der Waals surface area contributed by atoms with E-state index >= 15 is 0 Å². The Balaban J connectivity index is 2.22. The van der Waals surface area contributed by atoms with Crippen molar-refractivity contribution in [2.45, 2.75) is 81.4 Å². The van der Waals surface area contributed by atoms with Crippen molar-refractivity contribution < 1.29 is 13.6 Å². The fourth-order valence-electron chi connectivity index (χ4n) is 3.57. The van der Waals surface area contributed by atoms with Gasteiger partial charge >= 0.3 is 0 Å². The molecule has 2 fully saturated rings. The van der Waals surface area contributed by atoms with Crippen LogP contribution in [0.25, 0.3) is 0 Å². The minimum atomic E-state index is -3.42. The minimum Gasteiger partial charge on any atom is -0.409 e. The number of nitrogens with two attached hydrogens (primary N) is 1. The summed E-state index contributed by atoms with van der Waals surface area (Å²) in [6.45, 7) is 0. The molecule has 0 amide bonds. The van der Waals surface area contributed by atoms with Crippen LogP contribution in [0.2, 0.25) is 0 Å². The van der Waals surface area contributed by atoms with Gasteiger partial charge in [-0.15, -0.1) is 0 Å². The van der Waals surface area contributed by atoms with E-state index in [0.29, 0.717) is 25.7 Å². The van der Waals surface area contributed by atoms with Gasteiger partial charge in [0.05, 0.1) is 10.8 Å². The first kappa shape index (κ1) is 16.5. The summed E-state index contributed by atoms with van der Waals surface area (Å²) in [4.78, 5) is 0. The molecule has 6 nitrogen and oxygen atoms in total. The monoisotopic (exact) mass is 317 g/mol. The molecule has 0 unspecified atom stereocenters. The molecule has 0 aromatic heterocycles. The van der Waals surface area contributed by atoms with Gasteiger partial charge in [0.1, 0.15) is 0 Å². The minimum absolute atomic E-state index is 0.00553. The van der Waals surface area contributed by atoms with Crippen molar-refractivity contribution in [1.82, 2.24) is 4.72 Å². The zero-order chi connectivity index (χ0) is 15.3. The van der Waals surface area contributed by atoms with Crippen LogP contribution in [0.3, 0.4) is 0 Å². The smallest absolute Gasteiger partial charge is 0.215 e. The lowest BCUT2D eigenvalue weighted by Gasteiger charge is -2.35. The molecule has 0 radical (unpaired) electrons. The van der Waals surface area contributed by atoms with Gasteiger partial charge in [-0.25, -0.2) is 13.1 Å². The first-order chi connectivity index (χ1) is 10.0. The molecule has 7 heteroatoms. The molecule has 2 saturated carbocycles. The van der Waals surface area contributed by atoms with Crippen LogP contribution in [0.4, 0.5) is 0 Å². The molecule has 0 aromatic rings. The molecule has 0 heterocycles. The summed E-state index contributed by atoms with van der Waals surface area (Å²) in [5.41, 5.74) is 4.98. The van der Waals surface area contributed by atoms with Crippen LogP contribution < -0.4 is 10.5 Å². The third-order valence-electron chi connectivity index (χ3n) is 4.88. The number of hydrogen-bond donors (Lipinski definition) is 3. The maximum atomic E-state index is 12.6. The Morgan fingerprint density at radius 3 is 2.10 bits per heavy atom. The van der Waals surface area contributed by atoms with Gasteiger partial charge in [-0.2, -0.15) is 0 Å². The number of nitrogens with one attached hydrogen (secondary N) is 1. The lowest BCUT2D eigenvalue weighted by atomic mass is 9.84. The van der Waals surface area contributed by atoms with Gasteiger partial charge in [0, 0.05) is 0 Å². The van der Waals surface area contributed by atoms with E-state index in [1.165, 1.54) is 6.42 Å². The molecule has 0 aliphatic heterocycles. The molecule has 0 atom stereocenters. The van der Waals surface area contributed by atoms with Gasteiger partial charge in [-0.3, -0.25) is 0 Å². The van der Waals surface area contributed by atoms with E-state index in [-0.39, 0.29) is 11.1 Å². The normalized spacial score (nSPS) is 25.4. The molecule has 122 valence electrons. The van der Waals surface area contributed by atoms with Gasteiger partial charge in [-0.05, 0) is 25.7 Å². The van der Waals surface area contributed by atoms with Crippen LogP contribution in [-0.2, 0) is 10.0 Å². The summed E-state index contributed by atoms with van der Waals surface area (Å²) < 4.78 is 28.1. The van der Waals surface area contributed by atoms with E-state index in [4.69, 9.17) is 10.9 Å². The van der Waals surface area contributed by atoms with E-state index in [0.717, 1.165) is 38.5 Å². The predicted octanol–water partition coefficient (Wildman–Crippen LogP) is 2.08. The van der Waals surface area contributed by atoms with Gasteiger partial charge in [-0.1, -0.05) is 50.1 Å². The van der Waals surface area contributed by atoms with Gasteiger partial charge in [0.25, 0.3) is 0 Å². The molecule has 2 aliphatic rings. The second-order valence-corrected chi connectivity index (χ2v) is 8.35. The lowest BCUT2D eigenvalue weighted by Crippen LogP contribution is -2.59. The molecule has 0 bridgehead atoms. The Kier molecular flexibility index (Phi) is 5.48. The van der Waals surface area contributed by atoms with Crippen molar-refractivity contribution in [3.8, 4) is 0 Å². The number of sulfonamides is 1. The van der Waals surface area contributed by atoms with Crippen LogP contribution in [0.1, 0.15) is 70.6 Å². The molecular formula is C14H27N3O3S. The quantitative estimate of drug-likeness (QED) is 0.319. The van der Waals surface area contributed by atoms with E-state index in [1.54, 1.807) is 0 Å². The summed E-state index contributed by atoms with van der Waals surface area (Å²) in [7, 11) is -3.42. The SMILES string of the molecule is NC(=NO)C1(NS(=O)(=O)C2CCCC2)CCCCCCC1. The van der Waals surface area contributed by atoms with E-state index in [9.17, 15) is 8.42 Å². The Hall–Kier alpha value is -0.820. The number of amidine groups is 1. The van der Waals surface area contributed by atoms with Gasteiger partial charge in [0.2, 0.25) is 10.0 Å². The first-order valence-electron chi connectivity index (χ1n) is 8.01. The summed E-state index contributed by atoms with van der Waals surface area (Å²) in [5, 5.41) is 11.9. The van der Waals surface area contributed by atoms with Gasteiger partial charge in [0.15, 0.2) is 5.84 Å². The van der Waals surface area contributed by atoms with Crippen LogP contribution in [0.5, 0.6) is 0 Å². The molecule has 21 heavy (non-hydrogen) atoms. The number of hydrogen-bond acceptors (Lipinski definition) is 4. The number of nitrogens with zero attached hydrogens (tertiary/aromatic N) is 1. The van der Waals surface area contributed by atoms with E-state index in [2.05, 4.69) is 9.88 Å². The highest BCUT2D eigenvalue weighted by molar-refractivity contribution is 7.90. The van der Waals surface area contributed by atoms with Crippen LogP contribution >= 0.6 is 0 Å². The lowest BCUT2D eigenvalue weighted by molar-refractivity contribution is 0.299. The summed E-state index contributed by atoms with van der Waals surface area (Å²) in [6.07, 6.45) is 9.63.